The highest BCUT2D eigenvalue weighted by Crippen LogP contribution is 2.59. The molecule has 1 saturated carbocycles. The number of pyridine rings is 1. The lowest BCUT2D eigenvalue weighted by Crippen LogP contribution is -2.24. The molecule has 2 aliphatic rings. The van der Waals surface area contributed by atoms with Crippen molar-refractivity contribution in [2.45, 2.75) is 18.5 Å². The molecule has 0 radical (unpaired) electrons. The molecule has 0 spiro atoms. The molecule has 27 heavy (non-hydrogen) atoms. The van der Waals surface area contributed by atoms with Gasteiger partial charge >= 0.3 is 6.18 Å². The molecule has 2 fully saturated rings. The number of hydrogen-bond donors (Lipinski definition) is 0. The standard InChI is InChI=1S/C19H16ClF3N4/c20-17-14(6-7-27-15(8-19(21,22)23)24-25-18(17)27)26-9-12-13(10-26)16(12)11-4-2-1-3-5-11/h1-7,12-13,16H,8-10H2. The molecule has 3 aromatic rings. The van der Waals surface area contributed by atoms with E-state index in [1.807, 2.05) is 6.07 Å². The highest BCUT2D eigenvalue weighted by Gasteiger charge is 2.56. The Morgan fingerprint density at radius 1 is 1.04 bits per heavy atom. The van der Waals surface area contributed by atoms with E-state index in [0.29, 0.717) is 22.8 Å². The van der Waals surface area contributed by atoms with Crippen LogP contribution >= 0.6 is 11.6 Å². The Bertz CT molecular complexity index is 989. The summed E-state index contributed by atoms with van der Waals surface area (Å²) in [6, 6.07) is 12.3. The number of benzene rings is 1. The largest absolute Gasteiger partial charge is 0.396 e. The monoisotopic (exact) mass is 392 g/mol. The second-order valence-electron chi connectivity index (χ2n) is 7.29. The van der Waals surface area contributed by atoms with Gasteiger partial charge < -0.3 is 4.90 Å². The van der Waals surface area contributed by atoms with Crippen LogP contribution in [0, 0.1) is 11.8 Å². The molecule has 140 valence electrons. The van der Waals surface area contributed by atoms with Crippen LogP contribution in [0.1, 0.15) is 17.3 Å². The molecule has 3 heterocycles. The van der Waals surface area contributed by atoms with Gasteiger partial charge in [0.05, 0.1) is 5.69 Å². The molecule has 5 rings (SSSR count). The maximum atomic E-state index is 12.7. The zero-order chi connectivity index (χ0) is 18.8. The van der Waals surface area contributed by atoms with Crippen LogP contribution < -0.4 is 4.90 Å². The zero-order valence-electron chi connectivity index (χ0n) is 14.2. The Labute approximate surface area is 158 Å². The molecule has 1 aromatic carbocycles. The van der Waals surface area contributed by atoms with Gasteiger partial charge in [-0.1, -0.05) is 41.9 Å². The summed E-state index contributed by atoms with van der Waals surface area (Å²) >= 11 is 6.48. The summed E-state index contributed by atoms with van der Waals surface area (Å²) in [5, 5.41) is 7.91. The Kier molecular flexibility index (Phi) is 3.66. The Morgan fingerprint density at radius 3 is 2.41 bits per heavy atom. The molecule has 1 aliphatic carbocycles. The molecule has 8 heteroatoms. The lowest BCUT2D eigenvalue weighted by molar-refractivity contribution is -0.128. The van der Waals surface area contributed by atoms with E-state index >= 15 is 0 Å². The van der Waals surface area contributed by atoms with Crippen molar-refractivity contribution < 1.29 is 13.2 Å². The van der Waals surface area contributed by atoms with E-state index in [-0.39, 0.29) is 11.5 Å². The van der Waals surface area contributed by atoms with Gasteiger partial charge in [0.25, 0.3) is 0 Å². The third-order valence-electron chi connectivity index (χ3n) is 5.65. The highest BCUT2D eigenvalue weighted by atomic mass is 35.5. The van der Waals surface area contributed by atoms with Crippen molar-refractivity contribution in [1.82, 2.24) is 14.6 Å². The first-order valence-corrected chi connectivity index (χ1v) is 9.19. The summed E-state index contributed by atoms with van der Waals surface area (Å²) < 4.78 is 39.3. The average Bonchev–Trinajstić information content (AvgIpc) is 2.95. The first-order valence-electron chi connectivity index (χ1n) is 8.81. The fourth-order valence-corrected chi connectivity index (χ4v) is 4.71. The number of alkyl halides is 3. The molecular weight excluding hydrogens is 377 g/mol. The van der Waals surface area contributed by atoms with Crippen molar-refractivity contribution in [2.75, 3.05) is 18.0 Å². The van der Waals surface area contributed by atoms with E-state index < -0.39 is 12.6 Å². The van der Waals surface area contributed by atoms with Crippen molar-refractivity contribution in [3.63, 3.8) is 0 Å². The van der Waals surface area contributed by atoms with Gasteiger partial charge in [0.2, 0.25) is 0 Å². The first-order chi connectivity index (χ1) is 12.9. The van der Waals surface area contributed by atoms with Gasteiger partial charge in [-0.2, -0.15) is 13.2 Å². The highest BCUT2D eigenvalue weighted by molar-refractivity contribution is 6.36. The molecular formula is C19H16ClF3N4. The van der Waals surface area contributed by atoms with E-state index in [4.69, 9.17) is 11.6 Å². The van der Waals surface area contributed by atoms with Gasteiger partial charge in [0, 0.05) is 19.3 Å². The van der Waals surface area contributed by atoms with Crippen LogP contribution in [-0.2, 0) is 6.42 Å². The number of aromatic nitrogens is 3. The number of hydrogen-bond acceptors (Lipinski definition) is 3. The minimum Gasteiger partial charge on any atom is -0.370 e. The molecule has 1 saturated heterocycles. The third kappa shape index (κ3) is 2.84. The molecule has 4 nitrogen and oxygen atoms in total. The van der Waals surface area contributed by atoms with Crippen LogP contribution in [0.15, 0.2) is 42.6 Å². The van der Waals surface area contributed by atoms with Crippen LogP contribution in [0.5, 0.6) is 0 Å². The Hall–Kier alpha value is -2.28. The van der Waals surface area contributed by atoms with Crippen molar-refractivity contribution in [2.24, 2.45) is 11.8 Å². The van der Waals surface area contributed by atoms with E-state index in [1.165, 1.54) is 9.96 Å². The number of rotatable bonds is 3. The second kappa shape index (κ2) is 5.86. The smallest absolute Gasteiger partial charge is 0.370 e. The van der Waals surface area contributed by atoms with Crippen molar-refractivity contribution >= 4 is 22.9 Å². The lowest BCUT2D eigenvalue weighted by atomic mass is 10.1. The van der Waals surface area contributed by atoms with Gasteiger partial charge in [0.15, 0.2) is 5.65 Å². The summed E-state index contributed by atoms with van der Waals surface area (Å²) in [5.41, 5.74) is 2.46. The molecule has 0 N–H and O–H groups in total. The molecule has 2 unspecified atom stereocenters. The molecule has 2 aromatic heterocycles. The summed E-state index contributed by atoms with van der Waals surface area (Å²) in [6.45, 7) is 1.79. The van der Waals surface area contributed by atoms with Gasteiger partial charge in [-0.25, -0.2) is 0 Å². The topological polar surface area (TPSA) is 33.4 Å². The number of nitrogens with zero attached hydrogens (tertiary/aromatic N) is 4. The maximum absolute atomic E-state index is 12.7. The zero-order valence-corrected chi connectivity index (χ0v) is 15.0. The van der Waals surface area contributed by atoms with Gasteiger partial charge in [-0.3, -0.25) is 4.40 Å². The summed E-state index contributed by atoms with van der Waals surface area (Å²) in [7, 11) is 0. The van der Waals surface area contributed by atoms with Gasteiger partial charge in [-0.05, 0) is 29.4 Å². The first kappa shape index (κ1) is 16.9. The predicted octanol–water partition coefficient (Wildman–Crippen LogP) is 4.34. The van der Waals surface area contributed by atoms with E-state index in [9.17, 15) is 13.2 Å². The molecule has 0 bridgehead atoms. The van der Waals surface area contributed by atoms with Crippen LogP contribution in [-0.4, -0.2) is 33.9 Å². The summed E-state index contributed by atoms with van der Waals surface area (Å²) in [4.78, 5) is 2.20. The fourth-order valence-electron chi connectivity index (χ4n) is 4.40. The SMILES string of the molecule is FC(F)(F)Cc1nnc2c(Cl)c(N3CC4C(C3)C4c3ccccc3)ccn12. The molecule has 2 atom stereocenters. The van der Waals surface area contributed by atoms with Crippen LogP contribution in [0.4, 0.5) is 18.9 Å². The van der Waals surface area contributed by atoms with Gasteiger partial charge in [0.1, 0.15) is 17.3 Å². The summed E-state index contributed by atoms with van der Waals surface area (Å²) in [6.07, 6.45) is -3.89. The minimum atomic E-state index is -4.34. The Balaban J connectivity index is 1.37. The fraction of sp³-hybridized carbons (Fsp3) is 0.368. The molecule has 1 aliphatic heterocycles. The normalized spacial score (nSPS) is 24.4. The van der Waals surface area contributed by atoms with Crippen molar-refractivity contribution in [1.29, 1.82) is 0 Å². The van der Waals surface area contributed by atoms with Crippen LogP contribution in [0.2, 0.25) is 5.02 Å². The predicted molar refractivity (Wildman–Crippen MR) is 96.1 cm³/mol. The van der Waals surface area contributed by atoms with Crippen LogP contribution in [0.3, 0.4) is 0 Å². The second-order valence-corrected chi connectivity index (χ2v) is 7.66. The van der Waals surface area contributed by atoms with Crippen LogP contribution in [0.25, 0.3) is 5.65 Å². The molecule has 0 amide bonds. The number of piperidine rings is 1. The van der Waals surface area contributed by atoms with E-state index in [2.05, 4.69) is 39.4 Å². The van der Waals surface area contributed by atoms with Gasteiger partial charge in [-0.15, -0.1) is 10.2 Å². The number of halogens is 4. The van der Waals surface area contributed by atoms with E-state index in [1.54, 1.807) is 12.3 Å². The number of anilines is 1. The average molecular weight is 393 g/mol. The van der Waals surface area contributed by atoms with Crippen molar-refractivity contribution in [3.05, 3.63) is 59.0 Å². The quantitative estimate of drug-likeness (QED) is 0.665. The van der Waals surface area contributed by atoms with E-state index in [0.717, 1.165) is 18.8 Å². The number of fused-ring (bicyclic) bond motifs is 2. The summed E-state index contributed by atoms with van der Waals surface area (Å²) in [5.74, 6) is 1.63. The maximum Gasteiger partial charge on any atom is 0.396 e. The Morgan fingerprint density at radius 2 is 1.74 bits per heavy atom. The minimum absolute atomic E-state index is 0.153. The lowest BCUT2D eigenvalue weighted by Gasteiger charge is -2.23. The third-order valence-corrected chi connectivity index (χ3v) is 6.01. The van der Waals surface area contributed by atoms with Crippen molar-refractivity contribution in [3.8, 4) is 0 Å².